The first kappa shape index (κ1) is 10.6. The van der Waals surface area contributed by atoms with Crippen LogP contribution in [-0.2, 0) is 6.54 Å². The molecule has 0 atom stereocenters. The Balaban J connectivity index is 1.98. The average molecular weight is 234 g/mol. The highest BCUT2D eigenvalue weighted by Gasteiger charge is 2.06. The Morgan fingerprint density at radius 1 is 1.50 bits per heavy atom. The van der Waals surface area contributed by atoms with Gasteiger partial charge >= 0.3 is 0 Å². The van der Waals surface area contributed by atoms with Crippen LogP contribution in [0.15, 0.2) is 36.0 Å². The summed E-state index contributed by atoms with van der Waals surface area (Å²) in [5, 5.41) is 13.9. The number of aromatic nitrogens is 1. The third-order valence-electron chi connectivity index (χ3n) is 1.99. The predicted molar refractivity (Wildman–Crippen MR) is 61.4 cm³/mol. The first-order chi connectivity index (χ1) is 7.75. The second kappa shape index (κ2) is 4.76. The molecule has 4 nitrogen and oxygen atoms in total. The summed E-state index contributed by atoms with van der Waals surface area (Å²) in [6.45, 7) is 0.492. The molecule has 5 heteroatoms. The van der Waals surface area contributed by atoms with Gasteiger partial charge in [-0.3, -0.25) is 9.78 Å². The number of thiophene rings is 1. The van der Waals surface area contributed by atoms with Crippen molar-refractivity contribution >= 4 is 17.2 Å². The van der Waals surface area contributed by atoms with Crippen molar-refractivity contribution in [1.29, 1.82) is 0 Å². The third-order valence-corrected chi connectivity index (χ3v) is 2.87. The summed E-state index contributed by atoms with van der Waals surface area (Å²) in [6, 6.07) is 5.27. The van der Waals surface area contributed by atoms with E-state index in [2.05, 4.69) is 10.3 Å². The van der Waals surface area contributed by atoms with Crippen LogP contribution in [0.2, 0.25) is 0 Å². The van der Waals surface area contributed by atoms with E-state index >= 15 is 0 Å². The van der Waals surface area contributed by atoms with Crippen molar-refractivity contribution in [2.24, 2.45) is 0 Å². The summed E-state index contributed by atoms with van der Waals surface area (Å²) in [6.07, 6.45) is 2.71. The maximum Gasteiger partial charge on any atom is 0.253 e. The normalized spacial score (nSPS) is 10.0. The van der Waals surface area contributed by atoms with Gasteiger partial charge in [0.15, 0.2) is 0 Å². The maximum absolute atomic E-state index is 11.6. The van der Waals surface area contributed by atoms with Gasteiger partial charge in [-0.05, 0) is 17.5 Å². The molecule has 1 amide bonds. The molecular weight excluding hydrogens is 224 g/mol. The zero-order valence-electron chi connectivity index (χ0n) is 8.38. The fourth-order valence-electron chi connectivity index (χ4n) is 1.23. The molecule has 0 radical (unpaired) electrons. The van der Waals surface area contributed by atoms with E-state index in [4.69, 9.17) is 0 Å². The summed E-state index contributed by atoms with van der Waals surface area (Å²) in [5.41, 5.74) is 0.358. The Labute approximate surface area is 96.6 Å². The molecule has 0 aliphatic carbocycles. The maximum atomic E-state index is 11.6. The monoisotopic (exact) mass is 234 g/mol. The van der Waals surface area contributed by atoms with Crippen LogP contribution in [0.5, 0.6) is 5.75 Å². The molecule has 0 aliphatic heterocycles. The van der Waals surface area contributed by atoms with Gasteiger partial charge in [0.2, 0.25) is 0 Å². The molecule has 2 aromatic rings. The minimum Gasteiger partial charge on any atom is -0.506 e. The van der Waals surface area contributed by atoms with Gasteiger partial charge in [-0.2, -0.15) is 0 Å². The van der Waals surface area contributed by atoms with Crippen LogP contribution in [0.3, 0.4) is 0 Å². The summed E-state index contributed by atoms with van der Waals surface area (Å²) in [4.78, 5) is 16.5. The van der Waals surface area contributed by atoms with Crippen LogP contribution in [-0.4, -0.2) is 16.0 Å². The van der Waals surface area contributed by atoms with Crippen molar-refractivity contribution in [3.05, 3.63) is 46.4 Å². The third kappa shape index (κ3) is 2.58. The summed E-state index contributed by atoms with van der Waals surface area (Å²) >= 11 is 1.58. The molecule has 0 unspecified atom stereocenters. The van der Waals surface area contributed by atoms with Crippen molar-refractivity contribution in [2.75, 3.05) is 0 Å². The zero-order valence-corrected chi connectivity index (χ0v) is 9.20. The quantitative estimate of drug-likeness (QED) is 0.851. The lowest BCUT2D eigenvalue weighted by Crippen LogP contribution is -2.22. The predicted octanol–water partition coefficient (Wildman–Crippen LogP) is 1.78. The highest BCUT2D eigenvalue weighted by molar-refractivity contribution is 7.09. The number of rotatable bonds is 3. The molecule has 0 saturated heterocycles. The summed E-state index contributed by atoms with van der Waals surface area (Å²) in [7, 11) is 0. The molecule has 2 rings (SSSR count). The van der Waals surface area contributed by atoms with E-state index in [1.165, 1.54) is 18.5 Å². The molecule has 2 aromatic heterocycles. The topological polar surface area (TPSA) is 62.2 Å². The van der Waals surface area contributed by atoms with Gasteiger partial charge in [-0.25, -0.2) is 0 Å². The van der Waals surface area contributed by atoms with Crippen LogP contribution in [0.1, 0.15) is 15.2 Å². The van der Waals surface area contributed by atoms with Crippen LogP contribution in [0.4, 0.5) is 0 Å². The van der Waals surface area contributed by atoms with E-state index in [0.717, 1.165) is 4.88 Å². The molecule has 16 heavy (non-hydrogen) atoms. The van der Waals surface area contributed by atoms with Crippen molar-refractivity contribution in [3.63, 3.8) is 0 Å². The zero-order chi connectivity index (χ0) is 11.4. The van der Waals surface area contributed by atoms with Crippen molar-refractivity contribution in [1.82, 2.24) is 10.3 Å². The Bertz CT molecular complexity index is 482. The van der Waals surface area contributed by atoms with Crippen molar-refractivity contribution < 1.29 is 9.90 Å². The molecule has 0 fully saturated rings. The number of hydrogen-bond acceptors (Lipinski definition) is 4. The summed E-state index contributed by atoms with van der Waals surface area (Å²) in [5.74, 6) is -0.249. The molecule has 0 aliphatic rings. The first-order valence-corrected chi connectivity index (χ1v) is 5.58. The standard InChI is InChI=1S/C11H10N2O2S/c14-9-4-8(5-12-6-9)11(15)13-7-10-2-1-3-16-10/h1-6,14H,7H2,(H,13,15). The van der Waals surface area contributed by atoms with Gasteiger partial charge < -0.3 is 10.4 Å². The van der Waals surface area contributed by atoms with E-state index in [-0.39, 0.29) is 11.7 Å². The molecular formula is C11H10N2O2S. The van der Waals surface area contributed by atoms with E-state index < -0.39 is 0 Å². The molecule has 82 valence electrons. The highest BCUT2D eigenvalue weighted by atomic mass is 32.1. The molecule has 0 bridgehead atoms. The van der Waals surface area contributed by atoms with Gasteiger partial charge in [-0.1, -0.05) is 6.07 Å². The van der Waals surface area contributed by atoms with Crippen LogP contribution in [0.25, 0.3) is 0 Å². The lowest BCUT2D eigenvalue weighted by atomic mass is 10.2. The number of hydrogen-bond donors (Lipinski definition) is 2. The number of carbonyl (C=O) groups excluding carboxylic acids is 1. The number of nitrogens with zero attached hydrogens (tertiary/aromatic N) is 1. The molecule has 2 N–H and O–H groups in total. The minimum absolute atomic E-state index is 0.0104. The van der Waals surface area contributed by atoms with Gasteiger partial charge in [0, 0.05) is 11.1 Å². The van der Waals surface area contributed by atoms with E-state index in [1.807, 2.05) is 17.5 Å². The lowest BCUT2D eigenvalue weighted by molar-refractivity contribution is 0.0950. The Kier molecular flexibility index (Phi) is 3.16. The Hall–Kier alpha value is -1.88. The molecule has 0 aromatic carbocycles. The molecule has 2 heterocycles. The SMILES string of the molecule is O=C(NCc1cccs1)c1cncc(O)c1. The second-order valence-electron chi connectivity index (χ2n) is 3.19. The number of pyridine rings is 1. The number of aromatic hydroxyl groups is 1. The summed E-state index contributed by atoms with van der Waals surface area (Å²) < 4.78 is 0. The molecule has 0 spiro atoms. The van der Waals surface area contributed by atoms with Crippen LogP contribution >= 0.6 is 11.3 Å². The van der Waals surface area contributed by atoms with Gasteiger partial charge in [-0.15, -0.1) is 11.3 Å². The van der Waals surface area contributed by atoms with Gasteiger partial charge in [0.05, 0.1) is 18.3 Å². The number of carbonyl (C=O) groups is 1. The van der Waals surface area contributed by atoms with Gasteiger partial charge in [0.25, 0.3) is 5.91 Å². The van der Waals surface area contributed by atoms with E-state index in [1.54, 1.807) is 11.3 Å². The largest absolute Gasteiger partial charge is 0.506 e. The Morgan fingerprint density at radius 2 is 2.38 bits per heavy atom. The van der Waals surface area contributed by atoms with E-state index in [9.17, 15) is 9.90 Å². The fraction of sp³-hybridized carbons (Fsp3) is 0.0909. The minimum atomic E-state index is -0.239. The van der Waals surface area contributed by atoms with Gasteiger partial charge in [0.1, 0.15) is 5.75 Å². The highest BCUT2D eigenvalue weighted by Crippen LogP contribution is 2.10. The van der Waals surface area contributed by atoms with E-state index in [0.29, 0.717) is 12.1 Å². The second-order valence-corrected chi connectivity index (χ2v) is 4.23. The molecule has 0 saturated carbocycles. The smallest absolute Gasteiger partial charge is 0.253 e. The number of amides is 1. The Morgan fingerprint density at radius 3 is 3.06 bits per heavy atom. The fourth-order valence-corrected chi connectivity index (χ4v) is 1.88. The first-order valence-electron chi connectivity index (χ1n) is 4.70. The average Bonchev–Trinajstić information content (AvgIpc) is 2.78. The van der Waals surface area contributed by atoms with Crippen LogP contribution in [0, 0.1) is 0 Å². The lowest BCUT2D eigenvalue weighted by Gasteiger charge is -2.03. The number of nitrogens with one attached hydrogen (secondary N) is 1. The van der Waals surface area contributed by atoms with Crippen LogP contribution < -0.4 is 5.32 Å². The van der Waals surface area contributed by atoms with Crippen molar-refractivity contribution in [3.8, 4) is 5.75 Å². The van der Waals surface area contributed by atoms with Crippen molar-refractivity contribution in [2.45, 2.75) is 6.54 Å².